The van der Waals surface area contributed by atoms with Crippen LogP contribution >= 0.6 is 23.2 Å². The van der Waals surface area contributed by atoms with Crippen molar-refractivity contribution in [2.45, 2.75) is 39.4 Å². The SMILES string of the molecule is C[C@@H](Oc1ccc(Cl)cc1Cl)C(=O)NNC(=O)OC(C)(C)C. The third kappa shape index (κ3) is 6.41. The highest BCUT2D eigenvalue weighted by Gasteiger charge is 2.19. The topological polar surface area (TPSA) is 76.7 Å². The Morgan fingerprint density at radius 1 is 1.18 bits per heavy atom. The second kappa shape index (κ2) is 7.56. The Morgan fingerprint density at radius 3 is 2.36 bits per heavy atom. The summed E-state index contributed by atoms with van der Waals surface area (Å²) >= 11 is 11.7. The van der Waals surface area contributed by atoms with Crippen molar-refractivity contribution in [2.75, 3.05) is 0 Å². The van der Waals surface area contributed by atoms with E-state index in [0.717, 1.165) is 0 Å². The summed E-state index contributed by atoms with van der Waals surface area (Å²) in [6.07, 6.45) is -1.65. The summed E-state index contributed by atoms with van der Waals surface area (Å²) in [4.78, 5) is 23.2. The van der Waals surface area contributed by atoms with E-state index in [1.807, 2.05) is 0 Å². The fourth-order valence-corrected chi connectivity index (χ4v) is 1.79. The summed E-state index contributed by atoms with van der Waals surface area (Å²) in [5, 5.41) is 0.744. The highest BCUT2D eigenvalue weighted by Crippen LogP contribution is 2.28. The Balaban J connectivity index is 2.50. The van der Waals surface area contributed by atoms with E-state index in [1.54, 1.807) is 32.9 Å². The minimum absolute atomic E-state index is 0.284. The summed E-state index contributed by atoms with van der Waals surface area (Å²) in [7, 11) is 0. The Hall–Kier alpha value is -1.66. The largest absolute Gasteiger partial charge is 0.479 e. The molecule has 0 aromatic heterocycles. The average molecular weight is 349 g/mol. The summed E-state index contributed by atoms with van der Waals surface area (Å²) in [6, 6.07) is 4.64. The molecule has 0 spiro atoms. The van der Waals surface area contributed by atoms with Gasteiger partial charge in [-0.05, 0) is 45.9 Å². The Bertz CT molecular complexity index is 558. The molecule has 1 aromatic rings. The van der Waals surface area contributed by atoms with Gasteiger partial charge in [-0.3, -0.25) is 10.2 Å². The third-order valence-corrected chi connectivity index (χ3v) is 2.78. The fourth-order valence-electron chi connectivity index (χ4n) is 1.33. The zero-order valence-electron chi connectivity index (χ0n) is 12.7. The van der Waals surface area contributed by atoms with E-state index in [2.05, 4.69) is 10.9 Å². The first kappa shape index (κ1) is 18.4. The number of amides is 2. The van der Waals surface area contributed by atoms with Gasteiger partial charge in [-0.25, -0.2) is 10.2 Å². The fraction of sp³-hybridized carbons (Fsp3) is 0.429. The van der Waals surface area contributed by atoms with Crippen molar-refractivity contribution in [3.05, 3.63) is 28.2 Å². The van der Waals surface area contributed by atoms with Gasteiger partial charge in [0.1, 0.15) is 11.4 Å². The van der Waals surface area contributed by atoms with Crippen LogP contribution in [0.4, 0.5) is 4.79 Å². The lowest BCUT2D eigenvalue weighted by Crippen LogP contribution is -2.48. The second-order valence-electron chi connectivity index (χ2n) is 5.45. The predicted octanol–water partition coefficient (Wildman–Crippen LogP) is 3.32. The van der Waals surface area contributed by atoms with E-state index in [4.69, 9.17) is 32.7 Å². The Morgan fingerprint density at radius 2 is 1.82 bits per heavy atom. The predicted molar refractivity (Wildman–Crippen MR) is 84.1 cm³/mol. The molecular weight excluding hydrogens is 331 g/mol. The van der Waals surface area contributed by atoms with Crippen LogP contribution in [0.2, 0.25) is 10.0 Å². The van der Waals surface area contributed by atoms with Gasteiger partial charge in [-0.15, -0.1) is 0 Å². The zero-order valence-corrected chi connectivity index (χ0v) is 14.2. The highest BCUT2D eigenvalue weighted by molar-refractivity contribution is 6.35. The van der Waals surface area contributed by atoms with Gasteiger partial charge in [0.05, 0.1) is 5.02 Å². The quantitative estimate of drug-likeness (QED) is 0.821. The van der Waals surface area contributed by atoms with Crippen LogP contribution in [0.1, 0.15) is 27.7 Å². The van der Waals surface area contributed by atoms with E-state index in [-0.39, 0.29) is 5.02 Å². The molecule has 1 rings (SSSR count). The van der Waals surface area contributed by atoms with Gasteiger partial charge in [-0.1, -0.05) is 23.2 Å². The molecule has 2 amide bonds. The van der Waals surface area contributed by atoms with Crippen LogP contribution in [-0.4, -0.2) is 23.7 Å². The number of benzene rings is 1. The number of carbonyl (C=O) groups excluding carboxylic acids is 2. The normalized spacial score (nSPS) is 12.3. The van der Waals surface area contributed by atoms with Crippen molar-refractivity contribution >= 4 is 35.2 Å². The first-order valence-electron chi connectivity index (χ1n) is 6.49. The van der Waals surface area contributed by atoms with Crippen molar-refractivity contribution in [1.82, 2.24) is 10.9 Å². The van der Waals surface area contributed by atoms with Crippen LogP contribution in [0.15, 0.2) is 18.2 Å². The molecule has 1 atom stereocenters. The monoisotopic (exact) mass is 348 g/mol. The number of hydrogen-bond donors (Lipinski definition) is 2. The number of nitrogens with one attached hydrogen (secondary N) is 2. The lowest BCUT2D eigenvalue weighted by molar-refractivity contribution is -0.128. The highest BCUT2D eigenvalue weighted by atomic mass is 35.5. The lowest BCUT2D eigenvalue weighted by atomic mass is 10.2. The Labute approximate surface area is 139 Å². The molecule has 0 aliphatic heterocycles. The van der Waals surface area contributed by atoms with Crippen LogP contribution in [0.25, 0.3) is 0 Å². The molecule has 0 saturated carbocycles. The minimum Gasteiger partial charge on any atom is -0.479 e. The van der Waals surface area contributed by atoms with Gasteiger partial charge in [0, 0.05) is 5.02 Å². The summed E-state index contributed by atoms with van der Waals surface area (Å²) in [5.41, 5.74) is 3.67. The van der Waals surface area contributed by atoms with Crippen LogP contribution in [0, 0.1) is 0 Å². The maximum atomic E-state index is 11.8. The van der Waals surface area contributed by atoms with Crippen LogP contribution in [-0.2, 0) is 9.53 Å². The van der Waals surface area contributed by atoms with E-state index in [9.17, 15) is 9.59 Å². The van der Waals surface area contributed by atoms with E-state index in [0.29, 0.717) is 10.8 Å². The maximum absolute atomic E-state index is 11.8. The number of halogens is 2. The molecule has 0 bridgehead atoms. The first-order valence-corrected chi connectivity index (χ1v) is 7.24. The molecule has 6 nitrogen and oxygen atoms in total. The maximum Gasteiger partial charge on any atom is 0.426 e. The number of hydrogen-bond acceptors (Lipinski definition) is 4. The molecule has 22 heavy (non-hydrogen) atoms. The van der Waals surface area contributed by atoms with E-state index < -0.39 is 23.7 Å². The molecule has 2 N–H and O–H groups in total. The number of hydrazine groups is 1. The molecular formula is C14H18Cl2N2O4. The van der Waals surface area contributed by atoms with E-state index in [1.165, 1.54) is 13.0 Å². The summed E-state index contributed by atoms with van der Waals surface area (Å²) < 4.78 is 10.4. The zero-order chi connectivity index (χ0) is 16.9. The standard InChI is InChI=1S/C14H18Cl2N2O4/c1-8(21-11-6-5-9(15)7-10(11)16)12(19)17-18-13(20)22-14(2,3)4/h5-8H,1-4H3,(H,17,19)(H,18,20)/t8-/m1/s1. The van der Waals surface area contributed by atoms with Crippen molar-refractivity contribution in [3.63, 3.8) is 0 Å². The van der Waals surface area contributed by atoms with Gasteiger partial charge in [0.15, 0.2) is 6.10 Å². The molecule has 0 aliphatic rings. The van der Waals surface area contributed by atoms with Crippen LogP contribution < -0.4 is 15.6 Å². The van der Waals surface area contributed by atoms with Gasteiger partial charge in [0.2, 0.25) is 0 Å². The average Bonchev–Trinajstić information content (AvgIpc) is 2.37. The van der Waals surface area contributed by atoms with E-state index >= 15 is 0 Å². The van der Waals surface area contributed by atoms with Crippen molar-refractivity contribution in [1.29, 1.82) is 0 Å². The molecule has 122 valence electrons. The summed E-state index contributed by atoms with van der Waals surface area (Å²) in [6.45, 7) is 6.64. The lowest BCUT2D eigenvalue weighted by Gasteiger charge is -2.20. The molecule has 0 fully saturated rings. The van der Waals surface area contributed by atoms with Gasteiger partial charge in [-0.2, -0.15) is 0 Å². The van der Waals surface area contributed by atoms with Crippen molar-refractivity contribution < 1.29 is 19.1 Å². The number of ether oxygens (including phenoxy) is 2. The Kier molecular flexibility index (Phi) is 6.32. The molecule has 0 unspecified atom stereocenters. The molecule has 0 radical (unpaired) electrons. The molecule has 8 heteroatoms. The smallest absolute Gasteiger partial charge is 0.426 e. The van der Waals surface area contributed by atoms with Crippen LogP contribution in [0.5, 0.6) is 5.75 Å². The molecule has 0 saturated heterocycles. The molecule has 0 heterocycles. The summed E-state index contributed by atoms with van der Waals surface area (Å²) in [5.74, 6) is -0.247. The second-order valence-corrected chi connectivity index (χ2v) is 6.29. The number of rotatable bonds is 3. The number of carbonyl (C=O) groups is 2. The van der Waals surface area contributed by atoms with Crippen molar-refractivity contribution in [3.8, 4) is 5.75 Å². The van der Waals surface area contributed by atoms with Gasteiger partial charge >= 0.3 is 6.09 Å². The minimum atomic E-state index is -0.881. The molecule has 1 aromatic carbocycles. The van der Waals surface area contributed by atoms with Gasteiger partial charge in [0.25, 0.3) is 5.91 Å². The van der Waals surface area contributed by atoms with Crippen LogP contribution in [0.3, 0.4) is 0 Å². The van der Waals surface area contributed by atoms with Gasteiger partial charge < -0.3 is 9.47 Å². The third-order valence-electron chi connectivity index (χ3n) is 2.25. The van der Waals surface area contributed by atoms with Crippen molar-refractivity contribution in [2.24, 2.45) is 0 Å². The first-order chi connectivity index (χ1) is 10.1. The molecule has 0 aliphatic carbocycles.